The number of hydrogen-bond donors (Lipinski definition) is 1. The second kappa shape index (κ2) is 11.7. The van der Waals surface area contributed by atoms with Gasteiger partial charge in [-0.25, -0.2) is 4.79 Å². The zero-order valence-electron chi connectivity index (χ0n) is 21.9. The number of ether oxygens (including phenoxy) is 3. The smallest absolute Gasteiger partial charge is 0.414 e. The van der Waals surface area contributed by atoms with E-state index < -0.39 is 11.0 Å². The molecule has 2 unspecified atom stereocenters. The molecule has 1 aliphatic carbocycles. The molecule has 2 aromatic carbocycles. The molecule has 38 heavy (non-hydrogen) atoms. The van der Waals surface area contributed by atoms with Crippen LogP contribution in [0.5, 0.6) is 11.5 Å². The van der Waals surface area contributed by atoms with Crippen molar-refractivity contribution < 1.29 is 23.8 Å². The number of halogens is 2. The number of rotatable bonds is 7. The van der Waals surface area contributed by atoms with Crippen molar-refractivity contribution in [2.75, 3.05) is 32.3 Å². The molecule has 0 radical (unpaired) electrons. The number of methoxy groups -OCH3 is 2. The molecule has 0 saturated heterocycles. The summed E-state index contributed by atoms with van der Waals surface area (Å²) in [5.74, 6) is 0.615. The minimum Gasteiger partial charge on any atom is -0.493 e. The quantitative estimate of drug-likeness (QED) is 0.323. The summed E-state index contributed by atoms with van der Waals surface area (Å²) in [6.45, 7) is 4.32. The summed E-state index contributed by atoms with van der Waals surface area (Å²) in [6, 6.07) is 11.1. The van der Waals surface area contributed by atoms with Crippen LogP contribution >= 0.6 is 23.2 Å². The number of allylic oxidation sites excluding steroid dienone is 2. The Labute approximate surface area is 233 Å². The minimum atomic E-state index is -1.30. The van der Waals surface area contributed by atoms with Crippen LogP contribution in [0.1, 0.15) is 43.2 Å². The Morgan fingerprint density at radius 1 is 1.11 bits per heavy atom. The van der Waals surface area contributed by atoms with Gasteiger partial charge >= 0.3 is 6.09 Å². The predicted molar refractivity (Wildman–Crippen MR) is 150 cm³/mol. The lowest BCUT2D eigenvalue weighted by molar-refractivity contribution is -0.121. The average Bonchev–Trinajstić information content (AvgIpc) is 2.91. The lowest BCUT2D eigenvalue weighted by Crippen LogP contribution is -2.47. The van der Waals surface area contributed by atoms with Crippen molar-refractivity contribution in [2.45, 2.75) is 43.0 Å². The third kappa shape index (κ3) is 5.64. The highest BCUT2D eigenvalue weighted by Gasteiger charge is 2.38. The summed E-state index contributed by atoms with van der Waals surface area (Å²) in [5.41, 5.74) is 2.54. The van der Waals surface area contributed by atoms with E-state index in [9.17, 15) is 9.59 Å². The van der Waals surface area contributed by atoms with Gasteiger partial charge in [-0.2, -0.15) is 0 Å². The van der Waals surface area contributed by atoms with Crippen molar-refractivity contribution >= 4 is 40.9 Å². The topological polar surface area (TPSA) is 77.1 Å². The first kappa shape index (κ1) is 27.9. The fraction of sp³-hybridized carbons (Fsp3) is 0.379. The van der Waals surface area contributed by atoms with E-state index in [4.69, 9.17) is 37.4 Å². The number of anilines is 1. The Morgan fingerprint density at radius 2 is 1.79 bits per heavy atom. The van der Waals surface area contributed by atoms with Gasteiger partial charge in [-0.3, -0.25) is 9.69 Å². The van der Waals surface area contributed by atoms with Crippen LogP contribution in [0.2, 0.25) is 5.02 Å². The van der Waals surface area contributed by atoms with Gasteiger partial charge in [-0.05, 0) is 49.6 Å². The SMILES string of the molecule is CCOC(=O)N1c2cc(OC)c(OC)cc2C(CNC(=O)C2(Cl)C=CC(c3cccc(Cl)c3)C=C2)CC1C. The van der Waals surface area contributed by atoms with Crippen molar-refractivity contribution in [1.29, 1.82) is 0 Å². The molecule has 0 fully saturated rings. The van der Waals surface area contributed by atoms with Crippen LogP contribution in [-0.2, 0) is 9.53 Å². The molecule has 1 aliphatic heterocycles. The van der Waals surface area contributed by atoms with E-state index in [1.807, 2.05) is 49.4 Å². The van der Waals surface area contributed by atoms with Crippen LogP contribution in [0.15, 0.2) is 60.7 Å². The lowest BCUT2D eigenvalue weighted by atomic mass is 9.85. The molecule has 9 heteroatoms. The third-order valence-electron chi connectivity index (χ3n) is 6.95. The summed E-state index contributed by atoms with van der Waals surface area (Å²) in [4.78, 5) is 26.4. The summed E-state index contributed by atoms with van der Waals surface area (Å²) >= 11 is 12.9. The maximum atomic E-state index is 13.2. The fourth-order valence-corrected chi connectivity index (χ4v) is 5.42. The van der Waals surface area contributed by atoms with Gasteiger partial charge in [0, 0.05) is 35.5 Å². The Kier molecular flexibility index (Phi) is 8.58. The first-order valence-corrected chi connectivity index (χ1v) is 13.3. The Morgan fingerprint density at radius 3 is 2.42 bits per heavy atom. The lowest BCUT2D eigenvalue weighted by Gasteiger charge is -2.39. The molecule has 1 N–H and O–H groups in total. The molecular formula is C29H32Cl2N2O5. The van der Waals surface area contributed by atoms with Crippen LogP contribution in [0, 0.1) is 0 Å². The Balaban J connectivity index is 1.53. The molecule has 0 spiro atoms. The van der Waals surface area contributed by atoms with Crippen molar-refractivity contribution in [3.63, 3.8) is 0 Å². The number of carbonyl (C=O) groups excluding carboxylic acids is 2. The van der Waals surface area contributed by atoms with Crippen molar-refractivity contribution in [1.82, 2.24) is 5.32 Å². The number of carbonyl (C=O) groups is 2. The van der Waals surface area contributed by atoms with Crippen LogP contribution in [0.3, 0.4) is 0 Å². The maximum absolute atomic E-state index is 13.2. The van der Waals surface area contributed by atoms with Gasteiger partial charge in [0.05, 0.1) is 26.5 Å². The molecule has 202 valence electrons. The zero-order chi connectivity index (χ0) is 27.4. The number of benzene rings is 2. The van der Waals surface area contributed by atoms with Gasteiger partial charge < -0.3 is 19.5 Å². The van der Waals surface area contributed by atoms with E-state index in [-0.39, 0.29) is 30.4 Å². The van der Waals surface area contributed by atoms with E-state index in [1.165, 1.54) is 0 Å². The second-order valence-corrected chi connectivity index (χ2v) is 10.5. The Hall–Kier alpha value is -3.16. The van der Waals surface area contributed by atoms with Crippen molar-refractivity contribution in [3.8, 4) is 11.5 Å². The molecule has 2 aliphatic rings. The van der Waals surface area contributed by atoms with Gasteiger partial charge in [0.1, 0.15) is 0 Å². The van der Waals surface area contributed by atoms with Gasteiger partial charge in [-0.15, -0.1) is 0 Å². The van der Waals surface area contributed by atoms with Gasteiger partial charge in [-0.1, -0.05) is 59.6 Å². The number of alkyl halides is 1. The fourth-order valence-electron chi connectivity index (χ4n) is 5.01. The molecule has 1 heterocycles. The first-order chi connectivity index (χ1) is 18.2. The second-order valence-electron chi connectivity index (χ2n) is 9.39. The summed E-state index contributed by atoms with van der Waals surface area (Å²) in [6.07, 6.45) is 7.42. The summed E-state index contributed by atoms with van der Waals surface area (Å²) in [5, 5.41) is 3.68. The number of hydrogen-bond acceptors (Lipinski definition) is 5. The molecule has 0 saturated carbocycles. The van der Waals surface area contributed by atoms with Crippen LogP contribution in [0.25, 0.3) is 0 Å². The summed E-state index contributed by atoms with van der Waals surface area (Å²) in [7, 11) is 3.11. The standard InChI is InChI=1S/C29H32Cl2N2O5/c1-5-38-28(35)33-18(2)13-21(23-15-25(36-3)26(37-4)16-24(23)33)17-32-27(34)29(31)11-9-19(10-12-29)20-7-6-8-22(30)14-20/h6-12,14-16,18-19,21H,5,13,17H2,1-4H3,(H,32,34). The number of nitrogens with zero attached hydrogens (tertiary/aromatic N) is 1. The number of amides is 2. The van der Waals surface area contributed by atoms with E-state index in [2.05, 4.69) is 5.32 Å². The molecule has 2 aromatic rings. The number of nitrogens with one attached hydrogen (secondary N) is 1. The molecular weight excluding hydrogens is 527 g/mol. The maximum Gasteiger partial charge on any atom is 0.414 e. The van der Waals surface area contributed by atoms with Crippen LogP contribution < -0.4 is 19.7 Å². The highest BCUT2D eigenvalue weighted by Crippen LogP contribution is 2.44. The van der Waals surface area contributed by atoms with E-state index >= 15 is 0 Å². The van der Waals surface area contributed by atoms with E-state index in [0.717, 1.165) is 11.1 Å². The Bertz CT molecular complexity index is 1250. The molecule has 2 atom stereocenters. The molecule has 0 bridgehead atoms. The van der Waals surface area contributed by atoms with Gasteiger partial charge in [0.15, 0.2) is 16.4 Å². The van der Waals surface area contributed by atoms with Crippen LogP contribution in [0.4, 0.5) is 10.5 Å². The normalized spacial score (nSPS) is 23.9. The number of fused-ring (bicyclic) bond motifs is 1. The highest BCUT2D eigenvalue weighted by atomic mass is 35.5. The average molecular weight is 559 g/mol. The van der Waals surface area contributed by atoms with Crippen molar-refractivity contribution in [3.05, 3.63) is 76.9 Å². The molecule has 2 amide bonds. The minimum absolute atomic E-state index is 0.0178. The van der Waals surface area contributed by atoms with E-state index in [0.29, 0.717) is 35.2 Å². The third-order valence-corrected chi connectivity index (χ3v) is 7.60. The molecule has 4 rings (SSSR count). The molecule has 0 aromatic heterocycles. The largest absolute Gasteiger partial charge is 0.493 e. The molecule has 7 nitrogen and oxygen atoms in total. The van der Waals surface area contributed by atoms with Crippen LogP contribution in [-0.4, -0.2) is 50.3 Å². The first-order valence-electron chi connectivity index (χ1n) is 12.5. The van der Waals surface area contributed by atoms with E-state index in [1.54, 1.807) is 44.3 Å². The van der Waals surface area contributed by atoms with Gasteiger partial charge in [0.2, 0.25) is 5.91 Å². The van der Waals surface area contributed by atoms with Gasteiger partial charge in [0.25, 0.3) is 0 Å². The monoisotopic (exact) mass is 558 g/mol. The summed E-state index contributed by atoms with van der Waals surface area (Å²) < 4.78 is 16.3. The predicted octanol–water partition coefficient (Wildman–Crippen LogP) is 6.20. The van der Waals surface area contributed by atoms with Crippen molar-refractivity contribution in [2.24, 2.45) is 0 Å². The zero-order valence-corrected chi connectivity index (χ0v) is 23.4. The highest BCUT2D eigenvalue weighted by molar-refractivity contribution is 6.38.